The standard InChI is InChI=1S/C20H18O4S.C2H6/c1-15-3-11-19(12-4-15)25(21,22)20-13-9-18(10-14-20)24-17-7-5-16(23-2)6-8-17;1-2/h3-14H,1-2H3;1-2H3. The second kappa shape index (κ2) is 9.24. The largest absolute Gasteiger partial charge is 0.497 e. The molecule has 0 aliphatic rings. The molecule has 5 heteroatoms. The van der Waals surface area contributed by atoms with Crippen molar-refractivity contribution < 1.29 is 17.9 Å². The number of rotatable bonds is 5. The summed E-state index contributed by atoms with van der Waals surface area (Å²) < 4.78 is 36.1. The van der Waals surface area contributed by atoms with Crippen molar-refractivity contribution in [3.8, 4) is 17.2 Å². The van der Waals surface area contributed by atoms with Crippen LogP contribution in [0.25, 0.3) is 0 Å². The maximum absolute atomic E-state index is 12.6. The van der Waals surface area contributed by atoms with E-state index < -0.39 is 9.84 Å². The van der Waals surface area contributed by atoms with E-state index in [-0.39, 0.29) is 9.79 Å². The first-order valence-electron chi connectivity index (χ1n) is 8.73. The topological polar surface area (TPSA) is 52.6 Å². The van der Waals surface area contributed by atoms with E-state index in [1.807, 2.05) is 20.8 Å². The van der Waals surface area contributed by atoms with Crippen molar-refractivity contribution in [2.45, 2.75) is 30.6 Å². The Morgan fingerprint density at radius 2 is 1.00 bits per heavy atom. The second-order valence-corrected chi connectivity index (χ2v) is 7.52. The molecular weight excluding hydrogens is 360 g/mol. The molecule has 0 aromatic heterocycles. The summed E-state index contributed by atoms with van der Waals surface area (Å²) in [6.45, 7) is 5.92. The molecule has 142 valence electrons. The first-order valence-corrected chi connectivity index (χ1v) is 10.2. The van der Waals surface area contributed by atoms with Crippen molar-refractivity contribution in [2.75, 3.05) is 7.11 Å². The number of hydrogen-bond donors (Lipinski definition) is 0. The maximum Gasteiger partial charge on any atom is 0.206 e. The number of ether oxygens (including phenoxy) is 2. The van der Waals surface area contributed by atoms with Gasteiger partial charge in [-0.25, -0.2) is 8.42 Å². The zero-order valence-electron chi connectivity index (χ0n) is 16.0. The van der Waals surface area contributed by atoms with Gasteiger partial charge in [-0.05, 0) is 67.6 Å². The third-order valence-corrected chi connectivity index (χ3v) is 5.55. The van der Waals surface area contributed by atoms with Crippen LogP contribution in [0.2, 0.25) is 0 Å². The summed E-state index contributed by atoms with van der Waals surface area (Å²) in [7, 11) is -1.93. The molecule has 0 heterocycles. The Morgan fingerprint density at radius 3 is 1.44 bits per heavy atom. The lowest BCUT2D eigenvalue weighted by Gasteiger charge is -2.08. The molecule has 0 spiro atoms. The Hall–Kier alpha value is -2.79. The van der Waals surface area contributed by atoms with Gasteiger partial charge in [-0.15, -0.1) is 0 Å². The molecule has 0 atom stereocenters. The molecular formula is C22H24O4S. The van der Waals surface area contributed by atoms with Crippen molar-refractivity contribution in [3.05, 3.63) is 78.4 Å². The fraction of sp³-hybridized carbons (Fsp3) is 0.182. The van der Waals surface area contributed by atoms with Crippen molar-refractivity contribution >= 4 is 9.84 Å². The highest BCUT2D eigenvalue weighted by atomic mass is 32.2. The highest BCUT2D eigenvalue weighted by molar-refractivity contribution is 7.91. The van der Waals surface area contributed by atoms with Crippen molar-refractivity contribution in [2.24, 2.45) is 0 Å². The number of aryl methyl sites for hydroxylation is 1. The molecule has 0 saturated heterocycles. The normalized spacial score (nSPS) is 10.5. The molecule has 0 fully saturated rings. The summed E-state index contributed by atoms with van der Waals surface area (Å²) in [4.78, 5) is 0.514. The average Bonchev–Trinajstić information content (AvgIpc) is 2.71. The molecule has 0 amide bonds. The van der Waals surface area contributed by atoms with Crippen LogP contribution in [0.15, 0.2) is 82.6 Å². The van der Waals surface area contributed by atoms with Gasteiger partial charge in [0.05, 0.1) is 16.9 Å². The summed E-state index contributed by atoms with van der Waals surface area (Å²) in [6.07, 6.45) is 0. The van der Waals surface area contributed by atoms with Gasteiger partial charge in [0.1, 0.15) is 17.2 Å². The van der Waals surface area contributed by atoms with Crippen molar-refractivity contribution in [1.82, 2.24) is 0 Å². The molecule has 3 rings (SSSR count). The van der Waals surface area contributed by atoms with Gasteiger partial charge >= 0.3 is 0 Å². The van der Waals surface area contributed by atoms with Gasteiger partial charge in [0, 0.05) is 0 Å². The number of sulfone groups is 1. The van der Waals surface area contributed by atoms with Gasteiger partial charge in [0.25, 0.3) is 0 Å². The molecule has 0 unspecified atom stereocenters. The SMILES string of the molecule is CC.COc1ccc(Oc2ccc(S(=O)(=O)c3ccc(C)cc3)cc2)cc1. The summed E-state index contributed by atoms with van der Waals surface area (Å²) >= 11 is 0. The number of methoxy groups -OCH3 is 1. The molecule has 0 bridgehead atoms. The Bertz CT molecular complexity index is 943. The molecule has 3 aromatic rings. The van der Waals surface area contributed by atoms with Crippen molar-refractivity contribution in [1.29, 1.82) is 0 Å². The molecule has 4 nitrogen and oxygen atoms in total. The molecule has 0 saturated carbocycles. The van der Waals surface area contributed by atoms with E-state index in [1.165, 1.54) is 0 Å². The van der Waals surface area contributed by atoms with E-state index in [4.69, 9.17) is 9.47 Å². The van der Waals surface area contributed by atoms with E-state index in [0.717, 1.165) is 11.3 Å². The van der Waals surface area contributed by atoms with Crippen LogP contribution in [0.5, 0.6) is 17.2 Å². The van der Waals surface area contributed by atoms with E-state index >= 15 is 0 Å². The fourth-order valence-electron chi connectivity index (χ4n) is 2.32. The van der Waals surface area contributed by atoms with Crippen LogP contribution in [0.1, 0.15) is 19.4 Å². The molecule has 0 N–H and O–H groups in total. The van der Waals surface area contributed by atoms with Gasteiger partial charge in [0.2, 0.25) is 9.84 Å². The van der Waals surface area contributed by atoms with Crippen LogP contribution in [-0.2, 0) is 9.84 Å². The molecule has 0 aliphatic heterocycles. The number of hydrogen-bond acceptors (Lipinski definition) is 4. The smallest absolute Gasteiger partial charge is 0.206 e. The monoisotopic (exact) mass is 384 g/mol. The molecule has 0 radical (unpaired) electrons. The van der Waals surface area contributed by atoms with E-state index in [2.05, 4.69) is 0 Å². The van der Waals surface area contributed by atoms with Crippen LogP contribution in [0, 0.1) is 6.92 Å². The van der Waals surface area contributed by atoms with Crippen molar-refractivity contribution in [3.63, 3.8) is 0 Å². The third kappa shape index (κ3) is 5.11. The zero-order valence-corrected chi connectivity index (χ0v) is 16.8. The van der Waals surface area contributed by atoms with Crippen LogP contribution in [0.4, 0.5) is 0 Å². The van der Waals surface area contributed by atoms with Gasteiger partial charge in [-0.1, -0.05) is 31.5 Å². The minimum Gasteiger partial charge on any atom is -0.497 e. The first-order chi connectivity index (χ1) is 13.0. The minimum atomic E-state index is -3.53. The quantitative estimate of drug-likeness (QED) is 0.570. The lowest BCUT2D eigenvalue weighted by Crippen LogP contribution is -2.01. The van der Waals surface area contributed by atoms with Gasteiger partial charge in [0.15, 0.2) is 0 Å². The van der Waals surface area contributed by atoms with E-state index in [1.54, 1.807) is 79.9 Å². The van der Waals surface area contributed by atoms with Crippen LogP contribution >= 0.6 is 0 Å². The highest BCUT2D eigenvalue weighted by Crippen LogP contribution is 2.27. The fourth-order valence-corrected chi connectivity index (χ4v) is 3.58. The molecule has 27 heavy (non-hydrogen) atoms. The highest BCUT2D eigenvalue weighted by Gasteiger charge is 2.17. The minimum absolute atomic E-state index is 0.235. The van der Waals surface area contributed by atoms with Gasteiger partial charge in [-0.2, -0.15) is 0 Å². The third-order valence-electron chi connectivity index (χ3n) is 3.76. The van der Waals surface area contributed by atoms with E-state index in [9.17, 15) is 8.42 Å². The Labute approximate surface area is 161 Å². The number of benzene rings is 3. The molecule has 3 aromatic carbocycles. The summed E-state index contributed by atoms with van der Waals surface area (Å²) in [5, 5.41) is 0. The van der Waals surface area contributed by atoms with E-state index in [0.29, 0.717) is 11.5 Å². The zero-order chi connectivity index (χ0) is 19.9. The van der Waals surface area contributed by atoms with Crippen LogP contribution in [0.3, 0.4) is 0 Å². The van der Waals surface area contributed by atoms with Gasteiger partial charge < -0.3 is 9.47 Å². The average molecular weight is 384 g/mol. The molecule has 0 aliphatic carbocycles. The predicted molar refractivity (Wildman–Crippen MR) is 107 cm³/mol. The van der Waals surface area contributed by atoms with Crippen LogP contribution < -0.4 is 9.47 Å². The lowest BCUT2D eigenvalue weighted by molar-refractivity contribution is 0.413. The van der Waals surface area contributed by atoms with Gasteiger partial charge in [-0.3, -0.25) is 0 Å². The first kappa shape index (κ1) is 20.5. The Balaban J connectivity index is 0.00000126. The summed E-state index contributed by atoms with van der Waals surface area (Å²) in [5.74, 6) is 1.95. The Morgan fingerprint density at radius 1 is 0.630 bits per heavy atom. The lowest BCUT2D eigenvalue weighted by atomic mass is 10.2. The van der Waals surface area contributed by atoms with Crippen LogP contribution in [-0.4, -0.2) is 15.5 Å². The maximum atomic E-state index is 12.6. The second-order valence-electron chi connectivity index (χ2n) is 5.57. The summed E-state index contributed by atoms with van der Waals surface area (Å²) in [6, 6.07) is 20.4. The Kier molecular flexibility index (Phi) is 7.02. The predicted octanol–water partition coefficient (Wildman–Crippen LogP) is 5.65. The summed E-state index contributed by atoms with van der Waals surface area (Å²) in [5.41, 5.74) is 1.02.